The average Bonchev–Trinajstić information content (AvgIpc) is 3.88. The molecule has 1 amide bonds. The van der Waals surface area contributed by atoms with E-state index in [1.807, 2.05) is 0 Å². The Balaban J connectivity index is 0.00000680. The van der Waals surface area contributed by atoms with Gasteiger partial charge in [-0.05, 0) is 57.2 Å². The molecule has 0 saturated carbocycles. The molecule has 7 rings (SSSR count). The number of guanidine groups is 2. The molecule has 0 aliphatic carbocycles. The van der Waals surface area contributed by atoms with Crippen molar-refractivity contribution in [1.82, 2.24) is 16.0 Å². The van der Waals surface area contributed by atoms with Crippen LogP contribution in [0.25, 0.3) is 0 Å². The zero-order chi connectivity index (χ0) is 45.0. The van der Waals surface area contributed by atoms with E-state index in [0.717, 1.165) is 57.9 Å². The molecule has 10 N–H and O–H groups in total. The second-order valence-corrected chi connectivity index (χ2v) is 18.8. The molecule has 64 heavy (non-hydrogen) atoms. The first-order chi connectivity index (χ1) is 30.1. The van der Waals surface area contributed by atoms with Crippen LogP contribution in [0.1, 0.15) is 117 Å². The summed E-state index contributed by atoms with van der Waals surface area (Å²) in [6, 6.07) is 16.2. The maximum atomic E-state index is 12.7. The molecule has 2 unspecified atom stereocenters. The fourth-order valence-corrected chi connectivity index (χ4v) is 10.5. The van der Waals surface area contributed by atoms with Gasteiger partial charge >= 0.3 is 18.0 Å². The van der Waals surface area contributed by atoms with Gasteiger partial charge in [0.05, 0.1) is 12.0 Å². The second kappa shape index (κ2) is 19.7. The lowest BCUT2D eigenvalue weighted by Crippen LogP contribution is -2.91. The maximum Gasteiger partial charge on any atom is 0.407 e. The summed E-state index contributed by atoms with van der Waals surface area (Å²) >= 11 is 0. The molecule has 0 bridgehead atoms. The minimum atomic E-state index is -2.10. The molecule has 14 heteroatoms. The minimum Gasteiger partial charge on any atom is -0.446 e. The monoisotopic (exact) mass is 881 g/mol. The zero-order valence-electron chi connectivity index (χ0n) is 37.9. The maximum absolute atomic E-state index is 12.7. The highest BCUT2D eigenvalue weighted by Gasteiger charge is 2.74. The van der Waals surface area contributed by atoms with Gasteiger partial charge in [-0.2, -0.15) is 4.58 Å². The van der Waals surface area contributed by atoms with Crippen LogP contribution in [0.15, 0.2) is 84.6 Å². The summed E-state index contributed by atoms with van der Waals surface area (Å²) in [6.07, 6.45) is 19.2. The highest BCUT2D eigenvalue weighted by Crippen LogP contribution is 2.48. The lowest BCUT2D eigenvalue weighted by atomic mass is 9.81. The fourth-order valence-electron chi connectivity index (χ4n) is 10.5. The summed E-state index contributed by atoms with van der Waals surface area (Å²) in [5.74, 6) is -1.33. The van der Waals surface area contributed by atoms with E-state index in [9.17, 15) is 19.8 Å². The molecule has 5 heterocycles. The molecule has 1 fully saturated rings. The number of nitrogens with one attached hydrogen (secondary N) is 4. The van der Waals surface area contributed by atoms with Gasteiger partial charge in [0, 0.05) is 66.9 Å². The molecule has 2 aromatic rings. The van der Waals surface area contributed by atoms with E-state index >= 15 is 0 Å². The van der Waals surface area contributed by atoms with Crippen LogP contribution >= 0.6 is 0 Å². The lowest BCUT2D eigenvalue weighted by Gasteiger charge is -2.40. The largest absolute Gasteiger partial charge is 0.446 e. The van der Waals surface area contributed by atoms with Crippen LogP contribution in [0, 0.1) is 0 Å². The number of allylic oxidation sites excluding steroid dienone is 6. The van der Waals surface area contributed by atoms with Gasteiger partial charge in [-0.3, -0.25) is 26.6 Å². The molecule has 3 atom stereocenters. The summed E-state index contributed by atoms with van der Waals surface area (Å²) < 4.78 is 9.43. The first-order valence-corrected chi connectivity index (χ1v) is 22.9. The van der Waals surface area contributed by atoms with E-state index < -0.39 is 29.6 Å². The number of aliphatic hydroxyl groups is 2. The molecule has 14 nitrogen and oxygen atoms in total. The van der Waals surface area contributed by atoms with Crippen molar-refractivity contribution in [2.75, 3.05) is 38.2 Å². The number of unbranched alkanes of at least 4 members (excludes halogenated alkanes) is 6. The van der Waals surface area contributed by atoms with E-state index in [1.54, 1.807) is 4.58 Å². The van der Waals surface area contributed by atoms with Crippen molar-refractivity contribution in [2.45, 2.75) is 140 Å². The Labute approximate surface area is 379 Å². The number of hydrogen-bond donors (Lipinski definition) is 8. The number of hydrogen-bond acceptors (Lipinski definition) is 10. The number of alkyl carbamates (subject to hydrolysis) is 1. The number of anilines is 1. The molecular formula is C50H74N9O5+3. The first kappa shape index (κ1) is 48.0. The lowest BCUT2D eigenvalue weighted by molar-refractivity contribution is -0.674. The number of amides is 1. The summed E-state index contributed by atoms with van der Waals surface area (Å²) in [4.78, 5) is 30.8. The van der Waals surface area contributed by atoms with Crippen LogP contribution in [-0.4, -0.2) is 106 Å². The highest BCUT2D eigenvalue weighted by atomic mass is 16.5. The Morgan fingerprint density at radius 2 is 1.58 bits per heavy atom. The SMILES string of the molecule is C.C[N+]1=C(C=CC=CC=C2N(CCCCCC(=O)CCCCCCCNC(=O)OCC3NC(N)=[N+]4CCC(O)(O)C45NC(N)=[NH+][C@@H]35)c3ccccc3C2(C)C)C(C)(C)c2ccccc21. The number of nitrogens with zero attached hydrogens (tertiary/aromatic N) is 3. The molecule has 0 aromatic heterocycles. The normalized spacial score (nSPS) is 24.0. The van der Waals surface area contributed by atoms with Crippen molar-refractivity contribution in [3.05, 3.63) is 95.7 Å². The third kappa shape index (κ3) is 9.35. The fraction of sp³-hybridized carbons (Fsp3) is 0.540. The number of carbonyl (C=O) groups is 2. The van der Waals surface area contributed by atoms with Crippen molar-refractivity contribution < 1.29 is 38.7 Å². The average molecular weight is 881 g/mol. The van der Waals surface area contributed by atoms with Crippen molar-refractivity contribution >= 4 is 40.9 Å². The molecule has 1 saturated heterocycles. The Morgan fingerprint density at radius 1 is 0.906 bits per heavy atom. The summed E-state index contributed by atoms with van der Waals surface area (Å²) in [5, 5.41) is 30.5. The number of benzene rings is 2. The van der Waals surface area contributed by atoms with E-state index in [0.29, 0.717) is 31.7 Å². The zero-order valence-corrected chi connectivity index (χ0v) is 37.9. The summed E-state index contributed by atoms with van der Waals surface area (Å²) in [6.45, 7) is 10.8. The van der Waals surface area contributed by atoms with Crippen LogP contribution in [0.4, 0.5) is 16.2 Å². The minimum absolute atomic E-state index is 0. The van der Waals surface area contributed by atoms with E-state index in [4.69, 9.17) is 16.2 Å². The Kier molecular flexibility index (Phi) is 14.8. The van der Waals surface area contributed by atoms with E-state index in [1.165, 1.54) is 33.9 Å². The van der Waals surface area contributed by atoms with Gasteiger partial charge in [0.25, 0.3) is 5.66 Å². The number of nitrogens with two attached hydrogens (primary N) is 2. The summed E-state index contributed by atoms with van der Waals surface area (Å²) in [7, 11) is 2.15. The third-order valence-electron chi connectivity index (χ3n) is 13.9. The van der Waals surface area contributed by atoms with Crippen LogP contribution in [0.2, 0.25) is 0 Å². The van der Waals surface area contributed by atoms with Crippen LogP contribution < -0.4 is 37.3 Å². The standard InChI is InChI=1S/C49H67N9O5.CH4/c1-46(2)35-23-15-17-25-38(35)56(5)40(46)27-13-9-14-28-41-47(3,4)36-24-16-18-26-39(36)57(41)31-20-10-12-22-34(59)21-11-7-6-8-19-30-52-45(60)63-33-37-42-49(55-43(50)54-42)48(61,62)29-32-58(49)44(51)53-37;/h9,13-18,23-28,37,42,61-62H,6-8,10-12,19-22,29-33H2,1-5H3,(H5-,50,51,52,53,54,55,60);1H4/p+3/t37?,42-,49?;/m0./s1. The molecular weight excluding hydrogens is 807 g/mol. The predicted molar refractivity (Wildman–Crippen MR) is 254 cm³/mol. The molecule has 5 aliphatic heterocycles. The van der Waals surface area contributed by atoms with Crippen molar-refractivity contribution in [1.29, 1.82) is 0 Å². The smallest absolute Gasteiger partial charge is 0.407 e. The van der Waals surface area contributed by atoms with Gasteiger partial charge < -0.3 is 25.2 Å². The van der Waals surface area contributed by atoms with Crippen molar-refractivity contribution in [3.63, 3.8) is 0 Å². The number of ether oxygens (including phenoxy) is 1. The van der Waals surface area contributed by atoms with Gasteiger partial charge in [0.1, 0.15) is 25.5 Å². The molecule has 1 spiro atoms. The van der Waals surface area contributed by atoms with E-state index in [-0.39, 0.29) is 43.2 Å². The van der Waals surface area contributed by atoms with E-state index in [2.05, 4.69) is 144 Å². The second-order valence-electron chi connectivity index (χ2n) is 18.8. The first-order valence-electron chi connectivity index (χ1n) is 22.9. The van der Waals surface area contributed by atoms with Crippen LogP contribution in [0.5, 0.6) is 0 Å². The molecule has 5 aliphatic rings. The number of ketones is 1. The molecule has 2 aromatic carbocycles. The topological polar surface area (TPSA) is 195 Å². The third-order valence-corrected chi connectivity index (χ3v) is 13.9. The number of para-hydroxylation sites is 2. The van der Waals surface area contributed by atoms with Gasteiger partial charge in [-0.25, -0.2) is 14.7 Å². The Morgan fingerprint density at radius 3 is 2.33 bits per heavy atom. The summed E-state index contributed by atoms with van der Waals surface area (Å²) in [5.41, 5.74) is 18.5. The van der Waals surface area contributed by atoms with Crippen LogP contribution in [0.3, 0.4) is 0 Å². The highest BCUT2D eigenvalue weighted by molar-refractivity contribution is 6.03. The van der Waals surface area contributed by atoms with Gasteiger partial charge in [0.15, 0.2) is 11.8 Å². The molecule has 0 radical (unpaired) electrons. The molecule has 346 valence electrons. The predicted octanol–water partition coefficient (Wildman–Crippen LogP) is 3.77. The number of rotatable bonds is 19. The van der Waals surface area contributed by atoms with Gasteiger partial charge in [0.2, 0.25) is 11.5 Å². The van der Waals surface area contributed by atoms with Crippen molar-refractivity contribution in [2.24, 2.45) is 11.5 Å². The number of Topliss-reactive ketones (excluding diaryl/α,β-unsaturated/α-hetero) is 1. The van der Waals surface area contributed by atoms with Gasteiger partial charge in [-0.15, -0.1) is 0 Å². The Hall–Kier alpha value is -5.47. The number of carbonyl (C=O) groups excluding carboxylic acids is 2. The quantitative estimate of drug-likeness (QED) is 0.0446. The van der Waals surface area contributed by atoms with Gasteiger partial charge in [-0.1, -0.05) is 102 Å². The van der Waals surface area contributed by atoms with Crippen molar-refractivity contribution in [3.8, 4) is 0 Å². The Bertz CT molecular complexity index is 2240. The number of fused-ring (bicyclic) bond motifs is 2. The van der Waals surface area contributed by atoms with Crippen LogP contribution in [-0.2, 0) is 20.4 Å².